The van der Waals surface area contributed by atoms with Gasteiger partial charge >= 0.3 is 0 Å². The Kier molecular flexibility index (Phi) is 5.14. The van der Waals surface area contributed by atoms with Crippen LogP contribution in [0.5, 0.6) is 0 Å². The van der Waals surface area contributed by atoms with E-state index in [0.717, 1.165) is 0 Å². The van der Waals surface area contributed by atoms with Gasteiger partial charge in [-0.1, -0.05) is 41.0 Å². The third-order valence-electron chi connectivity index (χ3n) is 2.53. The van der Waals surface area contributed by atoms with Crippen molar-refractivity contribution in [1.82, 2.24) is 5.32 Å². The first-order valence-electron chi connectivity index (χ1n) is 5.96. The summed E-state index contributed by atoms with van der Waals surface area (Å²) in [7, 11) is 0. The monoisotopic (exact) mass is 199 g/mol. The molecule has 0 rings (SSSR count). The summed E-state index contributed by atoms with van der Waals surface area (Å²) >= 11 is 0. The smallest absolute Gasteiger partial charge is 0.0132 e. The number of hydrogen-bond acceptors (Lipinski definition) is 1. The molecule has 0 spiro atoms. The molecular formula is C13H29N. The molecule has 0 fully saturated rings. The highest BCUT2D eigenvalue weighted by Gasteiger charge is 2.28. The van der Waals surface area contributed by atoms with Crippen molar-refractivity contribution in [1.29, 1.82) is 0 Å². The summed E-state index contributed by atoms with van der Waals surface area (Å²) in [5.74, 6) is 0. The van der Waals surface area contributed by atoms with E-state index in [1.54, 1.807) is 0 Å². The summed E-state index contributed by atoms with van der Waals surface area (Å²) in [5.41, 5.74) is 0.715. The molecule has 0 aromatic rings. The maximum absolute atomic E-state index is 3.63. The number of hydrogen-bond donors (Lipinski definition) is 1. The Morgan fingerprint density at radius 1 is 1.07 bits per heavy atom. The molecule has 0 aliphatic carbocycles. The summed E-state index contributed by atoms with van der Waals surface area (Å²) in [6.07, 6.45) is 3.84. The molecule has 1 N–H and O–H groups in total. The molecule has 0 aromatic heterocycles. The van der Waals surface area contributed by atoms with Crippen molar-refractivity contribution in [3.8, 4) is 0 Å². The topological polar surface area (TPSA) is 12.0 Å². The lowest BCUT2D eigenvalue weighted by Gasteiger charge is -2.37. The molecule has 0 amide bonds. The molecule has 86 valence electrons. The second kappa shape index (κ2) is 5.16. The summed E-state index contributed by atoms with van der Waals surface area (Å²) in [6, 6.07) is 0.572. The van der Waals surface area contributed by atoms with Crippen molar-refractivity contribution in [2.75, 3.05) is 0 Å². The van der Waals surface area contributed by atoms with E-state index in [1.807, 2.05) is 0 Å². The highest BCUT2D eigenvalue weighted by atomic mass is 15.0. The quantitative estimate of drug-likeness (QED) is 0.682. The van der Waals surface area contributed by atoms with E-state index in [1.165, 1.54) is 19.3 Å². The van der Waals surface area contributed by atoms with E-state index in [4.69, 9.17) is 0 Å². The summed E-state index contributed by atoms with van der Waals surface area (Å²) in [5, 5.41) is 3.63. The second-order valence-electron chi connectivity index (χ2n) is 6.27. The fourth-order valence-corrected chi connectivity index (χ4v) is 2.79. The molecule has 0 saturated carbocycles. The lowest BCUT2D eigenvalue weighted by molar-refractivity contribution is 0.199. The van der Waals surface area contributed by atoms with Crippen molar-refractivity contribution < 1.29 is 0 Å². The summed E-state index contributed by atoms with van der Waals surface area (Å²) < 4.78 is 0. The van der Waals surface area contributed by atoms with E-state index in [-0.39, 0.29) is 5.54 Å². The first-order chi connectivity index (χ1) is 6.18. The van der Waals surface area contributed by atoms with Crippen LogP contribution in [0.3, 0.4) is 0 Å². The van der Waals surface area contributed by atoms with E-state index in [0.29, 0.717) is 11.5 Å². The van der Waals surface area contributed by atoms with Crippen LogP contribution in [0, 0.1) is 5.41 Å². The molecule has 0 atom stereocenters. The zero-order valence-corrected chi connectivity index (χ0v) is 11.2. The molecule has 0 saturated heterocycles. The molecule has 14 heavy (non-hydrogen) atoms. The van der Waals surface area contributed by atoms with Crippen molar-refractivity contribution in [3.05, 3.63) is 0 Å². The molecule has 0 bridgehead atoms. The molecule has 0 radical (unpaired) electrons. The standard InChI is InChI=1S/C13H29N/c1-8-9-12(4,5)10-13(6,7)14-11(2)3/h11,14H,8-10H2,1-7H3. The van der Waals surface area contributed by atoms with E-state index in [9.17, 15) is 0 Å². The Morgan fingerprint density at radius 3 is 1.93 bits per heavy atom. The van der Waals surface area contributed by atoms with Crippen LogP contribution in [0.1, 0.15) is 67.7 Å². The minimum atomic E-state index is 0.257. The fraction of sp³-hybridized carbons (Fsp3) is 1.00. The van der Waals surface area contributed by atoms with Gasteiger partial charge in [-0.25, -0.2) is 0 Å². The second-order valence-corrected chi connectivity index (χ2v) is 6.27. The van der Waals surface area contributed by atoms with Gasteiger partial charge in [0.25, 0.3) is 0 Å². The van der Waals surface area contributed by atoms with Crippen molar-refractivity contribution in [2.45, 2.75) is 79.3 Å². The third-order valence-corrected chi connectivity index (χ3v) is 2.53. The Balaban J connectivity index is 4.19. The normalized spacial score (nSPS) is 13.7. The molecular weight excluding hydrogens is 170 g/mol. The maximum atomic E-state index is 3.63. The highest BCUT2D eigenvalue weighted by molar-refractivity contribution is 4.86. The molecule has 1 nitrogen and oxygen atoms in total. The van der Waals surface area contributed by atoms with Gasteiger partial charge in [-0.15, -0.1) is 0 Å². The van der Waals surface area contributed by atoms with Gasteiger partial charge in [-0.2, -0.15) is 0 Å². The predicted molar refractivity (Wildman–Crippen MR) is 65.7 cm³/mol. The van der Waals surface area contributed by atoms with Gasteiger partial charge in [0, 0.05) is 11.6 Å². The van der Waals surface area contributed by atoms with Crippen molar-refractivity contribution in [3.63, 3.8) is 0 Å². The molecule has 0 aliphatic heterocycles. The minimum Gasteiger partial charge on any atom is -0.310 e. The highest BCUT2D eigenvalue weighted by Crippen LogP contribution is 2.32. The van der Waals surface area contributed by atoms with Gasteiger partial charge in [-0.3, -0.25) is 0 Å². The Morgan fingerprint density at radius 2 is 1.57 bits per heavy atom. The number of nitrogens with one attached hydrogen (secondary N) is 1. The van der Waals surface area contributed by atoms with Crippen LogP contribution in [0.2, 0.25) is 0 Å². The van der Waals surface area contributed by atoms with Crippen LogP contribution in [0.4, 0.5) is 0 Å². The molecule has 1 heteroatoms. The van der Waals surface area contributed by atoms with E-state index >= 15 is 0 Å². The maximum Gasteiger partial charge on any atom is 0.0132 e. The van der Waals surface area contributed by atoms with E-state index in [2.05, 4.69) is 53.8 Å². The largest absolute Gasteiger partial charge is 0.310 e. The van der Waals surface area contributed by atoms with Crippen LogP contribution in [-0.4, -0.2) is 11.6 Å². The minimum absolute atomic E-state index is 0.257. The average Bonchev–Trinajstić information content (AvgIpc) is 1.78. The summed E-state index contributed by atoms with van der Waals surface area (Å²) in [6.45, 7) is 16.1. The molecule has 0 unspecified atom stereocenters. The third kappa shape index (κ3) is 6.42. The Labute approximate surface area is 90.7 Å². The first kappa shape index (κ1) is 14.0. The Hall–Kier alpha value is -0.0400. The molecule has 0 heterocycles. The van der Waals surface area contributed by atoms with Crippen LogP contribution < -0.4 is 5.32 Å². The lowest BCUT2D eigenvalue weighted by Crippen LogP contribution is -2.46. The predicted octanol–water partition coefficient (Wildman–Crippen LogP) is 3.98. The zero-order valence-electron chi connectivity index (χ0n) is 11.2. The van der Waals surface area contributed by atoms with Gasteiger partial charge < -0.3 is 5.32 Å². The first-order valence-corrected chi connectivity index (χ1v) is 5.96. The van der Waals surface area contributed by atoms with Crippen LogP contribution in [0.15, 0.2) is 0 Å². The number of rotatable bonds is 6. The molecule has 0 aliphatic rings. The lowest BCUT2D eigenvalue weighted by atomic mass is 9.77. The van der Waals surface area contributed by atoms with Crippen LogP contribution in [-0.2, 0) is 0 Å². The van der Waals surface area contributed by atoms with Crippen LogP contribution >= 0.6 is 0 Å². The molecule has 0 aromatic carbocycles. The van der Waals surface area contributed by atoms with Gasteiger partial charge in [0.2, 0.25) is 0 Å². The van der Waals surface area contributed by atoms with Crippen molar-refractivity contribution >= 4 is 0 Å². The van der Waals surface area contributed by atoms with Gasteiger partial charge in [0.05, 0.1) is 0 Å². The summed E-state index contributed by atoms with van der Waals surface area (Å²) in [4.78, 5) is 0. The van der Waals surface area contributed by atoms with Gasteiger partial charge in [0.15, 0.2) is 0 Å². The van der Waals surface area contributed by atoms with Gasteiger partial charge in [0.1, 0.15) is 0 Å². The SMILES string of the molecule is CCCC(C)(C)CC(C)(C)NC(C)C. The van der Waals surface area contributed by atoms with Crippen molar-refractivity contribution in [2.24, 2.45) is 5.41 Å². The average molecular weight is 199 g/mol. The fourth-order valence-electron chi connectivity index (χ4n) is 2.79. The Bertz CT molecular complexity index is 157. The van der Waals surface area contributed by atoms with Gasteiger partial charge in [-0.05, 0) is 32.1 Å². The van der Waals surface area contributed by atoms with Crippen LogP contribution in [0.25, 0.3) is 0 Å². The zero-order chi connectivity index (χ0) is 11.4. The van der Waals surface area contributed by atoms with E-state index < -0.39 is 0 Å².